The summed E-state index contributed by atoms with van der Waals surface area (Å²) in [6.45, 7) is 0.851. The summed E-state index contributed by atoms with van der Waals surface area (Å²) >= 11 is 7.67. The number of ether oxygens (including phenoxy) is 1. The molecule has 0 radical (unpaired) electrons. The van der Waals surface area contributed by atoms with Gasteiger partial charge in [-0.1, -0.05) is 6.07 Å². The van der Waals surface area contributed by atoms with E-state index in [1.807, 2.05) is 12.1 Å². The Balaban J connectivity index is 1.97. The molecule has 0 saturated carbocycles. The lowest BCUT2D eigenvalue weighted by atomic mass is 10.3. The lowest BCUT2D eigenvalue weighted by Gasteiger charge is -2.07. The predicted octanol–water partition coefficient (Wildman–Crippen LogP) is 3.53. The molecule has 4 nitrogen and oxygen atoms in total. The van der Waals surface area contributed by atoms with Crippen LogP contribution in [0.5, 0.6) is 5.88 Å². The Hall–Kier alpha value is -1.59. The van der Waals surface area contributed by atoms with Gasteiger partial charge in [-0.05, 0) is 23.9 Å². The molecule has 0 aliphatic rings. The minimum Gasteiger partial charge on any atom is -0.481 e. The molecule has 3 aromatic heterocycles. The van der Waals surface area contributed by atoms with Gasteiger partial charge in [-0.15, -0.1) is 22.9 Å². The fourth-order valence-corrected chi connectivity index (χ4v) is 3.20. The minimum absolute atomic E-state index is 0.555. The van der Waals surface area contributed by atoms with Gasteiger partial charge in [-0.3, -0.25) is 0 Å². The SMILES string of the molecule is COc1ccc2nc(CCCl)n(CCc3cccs3)c2n1. The highest BCUT2D eigenvalue weighted by Gasteiger charge is 2.12. The monoisotopic (exact) mass is 321 g/mol. The highest BCUT2D eigenvalue weighted by molar-refractivity contribution is 7.09. The quantitative estimate of drug-likeness (QED) is 0.652. The molecule has 0 aliphatic carbocycles. The molecule has 3 heterocycles. The van der Waals surface area contributed by atoms with Crippen molar-refractivity contribution in [3.8, 4) is 5.88 Å². The molecule has 0 unspecified atom stereocenters. The van der Waals surface area contributed by atoms with E-state index in [0.717, 1.165) is 36.4 Å². The summed E-state index contributed by atoms with van der Waals surface area (Å²) in [5.74, 6) is 2.15. The van der Waals surface area contributed by atoms with Crippen molar-refractivity contribution in [2.75, 3.05) is 13.0 Å². The number of imidazole rings is 1. The van der Waals surface area contributed by atoms with E-state index < -0.39 is 0 Å². The van der Waals surface area contributed by atoms with Crippen molar-refractivity contribution < 1.29 is 4.74 Å². The van der Waals surface area contributed by atoms with Crippen molar-refractivity contribution in [2.45, 2.75) is 19.4 Å². The van der Waals surface area contributed by atoms with Crippen LogP contribution in [0.25, 0.3) is 11.2 Å². The summed E-state index contributed by atoms with van der Waals surface area (Å²) in [4.78, 5) is 10.5. The lowest BCUT2D eigenvalue weighted by Crippen LogP contribution is -2.07. The normalized spacial score (nSPS) is 11.1. The zero-order chi connectivity index (χ0) is 14.7. The largest absolute Gasteiger partial charge is 0.481 e. The molecule has 0 atom stereocenters. The third-order valence-electron chi connectivity index (χ3n) is 3.33. The summed E-state index contributed by atoms with van der Waals surface area (Å²) in [6, 6.07) is 8.01. The molecule has 3 aromatic rings. The van der Waals surface area contributed by atoms with Gasteiger partial charge in [0.1, 0.15) is 11.3 Å². The number of halogens is 1. The Morgan fingerprint density at radius 2 is 2.14 bits per heavy atom. The maximum absolute atomic E-state index is 5.90. The first-order valence-electron chi connectivity index (χ1n) is 6.80. The van der Waals surface area contributed by atoms with Crippen molar-refractivity contribution in [3.63, 3.8) is 0 Å². The zero-order valence-electron chi connectivity index (χ0n) is 11.8. The smallest absolute Gasteiger partial charge is 0.215 e. The van der Waals surface area contributed by atoms with E-state index in [9.17, 15) is 0 Å². The molecule has 0 N–H and O–H groups in total. The first-order valence-corrected chi connectivity index (χ1v) is 8.21. The summed E-state index contributed by atoms with van der Waals surface area (Å²) in [5.41, 5.74) is 1.76. The second-order valence-corrected chi connectivity index (χ2v) is 6.05. The van der Waals surface area contributed by atoms with Gasteiger partial charge in [0.25, 0.3) is 0 Å². The van der Waals surface area contributed by atoms with Crippen molar-refractivity contribution in [1.82, 2.24) is 14.5 Å². The van der Waals surface area contributed by atoms with Crippen LogP contribution in [-0.4, -0.2) is 27.5 Å². The maximum atomic E-state index is 5.90. The molecule has 0 spiro atoms. The maximum Gasteiger partial charge on any atom is 0.215 e. The highest BCUT2D eigenvalue weighted by Crippen LogP contribution is 2.20. The van der Waals surface area contributed by atoms with Crippen LogP contribution < -0.4 is 4.74 Å². The van der Waals surface area contributed by atoms with Crippen LogP contribution in [0.3, 0.4) is 0 Å². The minimum atomic E-state index is 0.555. The molecular weight excluding hydrogens is 306 g/mol. The molecule has 0 aliphatic heterocycles. The summed E-state index contributed by atoms with van der Waals surface area (Å²) < 4.78 is 7.37. The van der Waals surface area contributed by atoms with E-state index >= 15 is 0 Å². The van der Waals surface area contributed by atoms with E-state index in [2.05, 4.69) is 32.0 Å². The summed E-state index contributed by atoms with van der Waals surface area (Å²) in [7, 11) is 1.63. The molecule has 3 rings (SSSR count). The zero-order valence-corrected chi connectivity index (χ0v) is 13.3. The Morgan fingerprint density at radius 1 is 1.24 bits per heavy atom. The molecule has 0 saturated heterocycles. The predicted molar refractivity (Wildman–Crippen MR) is 86.5 cm³/mol. The highest BCUT2D eigenvalue weighted by atomic mass is 35.5. The second-order valence-electron chi connectivity index (χ2n) is 4.64. The van der Waals surface area contributed by atoms with Crippen LogP contribution in [-0.2, 0) is 19.4 Å². The number of fused-ring (bicyclic) bond motifs is 1. The molecule has 0 amide bonds. The first kappa shape index (κ1) is 14.4. The lowest BCUT2D eigenvalue weighted by molar-refractivity contribution is 0.399. The van der Waals surface area contributed by atoms with E-state index in [1.54, 1.807) is 18.4 Å². The Labute approximate surface area is 132 Å². The molecule has 0 bridgehead atoms. The summed E-state index contributed by atoms with van der Waals surface area (Å²) in [6.07, 6.45) is 1.71. The molecule has 0 fully saturated rings. The van der Waals surface area contributed by atoms with Crippen molar-refractivity contribution in [3.05, 3.63) is 40.3 Å². The number of thiophene rings is 1. The number of methoxy groups -OCH3 is 1. The number of pyridine rings is 1. The van der Waals surface area contributed by atoms with E-state index in [4.69, 9.17) is 16.3 Å². The third-order valence-corrected chi connectivity index (χ3v) is 4.46. The number of aromatic nitrogens is 3. The topological polar surface area (TPSA) is 39.9 Å². The first-order chi connectivity index (χ1) is 10.3. The molecule has 21 heavy (non-hydrogen) atoms. The third kappa shape index (κ3) is 3.04. The fourth-order valence-electron chi connectivity index (χ4n) is 2.33. The number of aryl methyl sites for hydroxylation is 3. The van der Waals surface area contributed by atoms with Crippen LogP contribution in [0.2, 0.25) is 0 Å². The van der Waals surface area contributed by atoms with Crippen molar-refractivity contribution >= 4 is 34.1 Å². The molecule has 0 aromatic carbocycles. The van der Waals surface area contributed by atoms with Crippen LogP contribution >= 0.6 is 22.9 Å². The van der Waals surface area contributed by atoms with E-state index in [-0.39, 0.29) is 0 Å². The van der Waals surface area contributed by atoms with Gasteiger partial charge in [0.15, 0.2) is 5.65 Å². The Bertz CT molecular complexity index is 724. The average Bonchev–Trinajstić information content (AvgIpc) is 3.12. The van der Waals surface area contributed by atoms with Crippen LogP contribution in [0.15, 0.2) is 29.6 Å². The van der Waals surface area contributed by atoms with Crippen LogP contribution in [0.1, 0.15) is 10.7 Å². The van der Waals surface area contributed by atoms with Gasteiger partial charge >= 0.3 is 0 Å². The number of hydrogen-bond acceptors (Lipinski definition) is 4. The molecule has 110 valence electrons. The van der Waals surface area contributed by atoms with Crippen molar-refractivity contribution in [1.29, 1.82) is 0 Å². The summed E-state index contributed by atoms with van der Waals surface area (Å²) in [5, 5.41) is 2.10. The van der Waals surface area contributed by atoms with E-state index in [1.165, 1.54) is 4.88 Å². The average molecular weight is 322 g/mol. The van der Waals surface area contributed by atoms with Crippen LogP contribution in [0.4, 0.5) is 0 Å². The van der Waals surface area contributed by atoms with Crippen molar-refractivity contribution in [2.24, 2.45) is 0 Å². The molecular formula is C15H16ClN3OS. The number of nitrogens with zero attached hydrogens (tertiary/aromatic N) is 3. The molecule has 6 heteroatoms. The Morgan fingerprint density at radius 3 is 2.86 bits per heavy atom. The Kier molecular flexibility index (Phi) is 4.41. The van der Waals surface area contributed by atoms with Crippen LogP contribution in [0, 0.1) is 0 Å². The van der Waals surface area contributed by atoms with Gasteiger partial charge in [-0.25, -0.2) is 4.98 Å². The standard InChI is InChI=1S/C15H16ClN3OS/c1-20-14-5-4-12-15(18-14)19(13(17-12)6-8-16)9-7-11-3-2-10-21-11/h2-5,10H,6-9H2,1H3. The van der Waals surface area contributed by atoms with Gasteiger partial charge in [0.2, 0.25) is 5.88 Å². The number of hydrogen-bond donors (Lipinski definition) is 0. The van der Waals surface area contributed by atoms with Gasteiger partial charge in [0.05, 0.1) is 7.11 Å². The van der Waals surface area contributed by atoms with Gasteiger partial charge < -0.3 is 9.30 Å². The second kappa shape index (κ2) is 6.45. The number of rotatable bonds is 6. The van der Waals surface area contributed by atoms with Gasteiger partial charge in [0, 0.05) is 29.8 Å². The van der Waals surface area contributed by atoms with E-state index in [0.29, 0.717) is 11.8 Å². The fraction of sp³-hybridized carbons (Fsp3) is 0.333. The number of alkyl halides is 1. The van der Waals surface area contributed by atoms with Gasteiger partial charge in [-0.2, -0.15) is 4.98 Å².